The van der Waals surface area contributed by atoms with Crippen LogP contribution in [0.3, 0.4) is 0 Å². The number of nitrogens with zero attached hydrogens (tertiary/aromatic N) is 3. The lowest BCUT2D eigenvalue weighted by Gasteiger charge is -2.49. The van der Waals surface area contributed by atoms with E-state index < -0.39 is 58.5 Å². The van der Waals surface area contributed by atoms with E-state index in [4.69, 9.17) is 19.9 Å². The molecule has 4 amide bonds. The van der Waals surface area contributed by atoms with E-state index in [-0.39, 0.29) is 54.2 Å². The maximum absolute atomic E-state index is 14.0. The van der Waals surface area contributed by atoms with Gasteiger partial charge in [-0.15, -0.1) is 11.8 Å². The highest BCUT2D eigenvalue weighted by atomic mass is 32.2. The standard InChI is InChI=1S/C31H29N7O11S/c1-14(39)47-11-17-12-50-28-22(27(43)38(28)24(17)29(44)45)35-26(42)23(16-3-5-18(40)6-4-16)37(30(32)46)19-10-34-31(36-25(19)41)33-9-15-2-7-20-21(8-15)49-13-48-20/h2-8,10,22-23,28,40H,9,11-13H2,1H3,(H2,32,46)(H,35,42)(H,44,45)(H2,33,34,36,41)/t22?,23?,28-/m0/s1. The van der Waals surface area contributed by atoms with E-state index in [2.05, 4.69) is 20.6 Å². The number of primary amides is 1. The van der Waals surface area contributed by atoms with Crippen LogP contribution in [-0.2, 0) is 30.5 Å². The summed E-state index contributed by atoms with van der Waals surface area (Å²) in [4.78, 5) is 85.4. The van der Waals surface area contributed by atoms with Gasteiger partial charge in [0.15, 0.2) is 11.5 Å². The van der Waals surface area contributed by atoms with Crippen LogP contribution < -0.4 is 36.3 Å². The molecule has 0 radical (unpaired) electrons. The second-order valence-electron chi connectivity index (χ2n) is 11.1. The number of carboxylic acid groups (broad SMARTS) is 1. The zero-order valence-electron chi connectivity index (χ0n) is 26.1. The summed E-state index contributed by atoms with van der Waals surface area (Å²) in [5.74, 6) is -2.61. The van der Waals surface area contributed by atoms with Gasteiger partial charge in [0, 0.05) is 24.8 Å². The van der Waals surface area contributed by atoms with Crippen molar-refractivity contribution in [1.82, 2.24) is 20.2 Å². The van der Waals surface area contributed by atoms with Crippen molar-refractivity contribution >= 4 is 53.2 Å². The van der Waals surface area contributed by atoms with Crippen molar-refractivity contribution in [2.45, 2.75) is 30.9 Å². The van der Waals surface area contributed by atoms with Crippen LogP contribution in [0.1, 0.15) is 24.1 Å². The molecule has 1 fully saturated rings. The molecule has 7 N–H and O–H groups in total. The lowest BCUT2D eigenvalue weighted by atomic mass is 10.00. The number of β-lactam (4-membered cyclic amide) rings is 1. The fourth-order valence-electron chi connectivity index (χ4n) is 5.56. The molecule has 2 aromatic carbocycles. The predicted octanol–water partition coefficient (Wildman–Crippen LogP) is 0.744. The number of thioether (sulfide) groups is 1. The van der Waals surface area contributed by atoms with Crippen LogP contribution >= 0.6 is 11.8 Å². The molecule has 260 valence electrons. The molecule has 2 unspecified atom stereocenters. The second-order valence-corrected chi connectivity index (χ2v) is 12.2. The first-order valence-electron chi connectivity index (χ1n) is 14.9. The van der Waals surface area contributed by atoms with Gasteiger partial charge in [-0.25, -0.2) is 14.6 Å². The topological polar surface area (TPSA) is 256 Å². The van der Waals surface area contributed by atoms with Crippen molar-refractivity contribution in [3.8, 4) is 17.2 Å². The maximum Gasteiger partial charge on any atom is 0.352 e. The van der Waals surface area contributed by atoms with E-state index in [0.29, 0.717) is 16.4 Å². The van der Waals surface area contributed by atoms with Gasteiger partial charge < -0.3 is 40.8 Å². The van der Waals surface area contributed by atoms with Crippen molar-refractivity contribution in [2.24, 2.45) is 5.73 Å². The molecule has 3 aromatic rings. The van der Waals surface area contributed by atoms with Gasteiger partial charge in [0.25, 0.3) is 11.5 Å². The molecule has 50 heavy (non-hydrogen) atoms. The summed E-state index contributed by atoms with van der Waals surface area (Å²) in [7, 11) is 0. The fraction of sp³-hybridized carbons (Fsp3) is 0.258. The molecule has 3 aliphatic rings. The average Bonchev–Trinajstić information content (AvgIpc) is 3.56. The smallest absolute Gasteiger partial charge is 0.352 e. The van der Waals surface area contributed by atoms with Crippen molar-refractivity contribution in [2.75, 3.05) is 29.4 Å². The molecular weight excluding hydrogens is 678 g/mol. The number of ether oxygens (including phenoxy) is 3. The third kappa shape index (κ3) is 6.57. The first kappa shape index (κ1) is 33.7. The first-order chi connectivity index (χ1) is 23.9. The highest BCUT2D eigenvalue weighted by Gasteiger charge is 2.55. The summed E-state index contributed by atoms with van der Waals surface area (Å²) in [6, 6.07) is 6.36. The van der Waals surface area contributed by atoms with Crippen LogP contribution in [0.5, 0.6) is 17.2 Å². The van der Waals surface area contributed by atoms with Crippen molar-refractivity contribution in [3.63, 3.8) is 0 Å². The number of phenols is 1. The third-order valence-corrected chi connectivity index (χ3v) is 9.23. The summed E-state index contributed by atoms with van der Waals surface area (Å²) in [6.07, 6.45) is 1.05. The van der Waals surface area contributed by atoms with Gasteiger partial charge in [-0.1, -0.05) is 18.2 Å². The highest BCUT2D eigenvalue weighted by Crippen LogP contribution is 2.41. The first-order valence-corrected chi connectivity index (χ1v) is 15.9. The average molecular weight is 708 g/mol. The van der Waals surface area contributed by atoms with Gasteiger partial charge in [-0.05, 0) is 35.4 Å². The Kier molecular flexibility index (Phi) is 9.23. The van der Waals surface area contributed by atoms with E-state index in [1.54, 1.807) is 18.2 Å². The van der Waals surface area contributed by atoms with Gasteiger partial charge in [0.05, 0.1) is 6.20 Å². The number of amides is 4. The molecule has 4 heterocycles. The fourth-order valence-corrected chi connectivity index (χ4v) is 6.89. The SMILES string of the molecule is CC(=O)OCC1=C(C(=O)O)N2C(=O)C(NC(=O)C(c3ccc(O)cc3)N(C(N)=O)c3cnc(NCc4ccc5c(c4)OCO5)[nH]c3=O)[C@@H]2SC1. The zero-order valence-corrected chi connectivity index (χ0v) is 26.9. The van der Waals surface area contributed by atoms with Crippen LogP contribution in [-0.4, -0.2) is 85.4 Å². The number of anilines is 2. The quantitative estimate of drug-likeness (QED) is 0.119. The van der Waals surface area contributed by atoms with Gasteiger partial charge in [-0.2, -0.15) is 0 Å². The number of nitrogens with one attached hydrogen (secondary N) is 3. The van der Waals surface area contributed by atoms with Crippen LogP contribution in [0, 0.1) is 0 Å². The predicted molar refractivity (Wildman–Crippen MR) is 174 cm³/mol. The second kappa shape index (κ2) is 13.7. The lowest BCUT2D eigenvalue weighted by Crippen LogP contribution is -2.71. The number of hydrogen-bond acceptors (Lipinski definition) is 13. The third-order valence-electron chi connectivity index (χ3n) is 7.89. The number of aromatic hydroxyl groups is 1. The molecule has 0 saturated carbocycles. The number of carbonyl (C=O) groups excluding carboxylic acids is 4. The van der Waals surface area contributed by atoms with Gasteiger partial charge in [-0.3, -0.25) is 34.0 Å². The molecule has 3 atom stereocenters. The number of carbonyl (C=O) groups is 5. The number of rotatable bonds is 11. The van der Waals surface area contributed by atoms with E-state index in [0.717, 1.165) is 35.3 Å². The van der Waals surface area contributed by atoms with E-state index in [9.17, 15) is 39.0 Å². The summed E-state index contributed by atoms with van der Waals surface area (Å²) < 4.78 is 15.6. The number of carboxylic acids is 1. The molecule has 0 aliphatic carbocycles. The number of fused-ring (bicyclic) bond motifs is 2. The Labute approximate surface area is 286 Å². The molecule has 1 saturated heterocycles. The molecule has 0 spiro atoms. The van der Waals surface area contributed by atoms with Crippen LogP contribution in [0.2, 0.25) is 0 Å². The zero-order chi connectivity index (χ0) is 35.7. The summed E-state index contributed by atoms with van der Waals surface area (Å²) in [5, 5.41) is 24.4. The Morgan fingerprint density at radius 1 is 1.16 bits per heavy atom. The maximum atomic E-state index is 14.0. The van der Waals surface area contributed by atoms with E-state index in [1.165, 1.54) is 24.3 Å². The lowest BCUT2D eigenvalue weighted by molar-refractivity contribution is -0.151. The number of urea groups is 1. The van der Waals surface area contributed by atoms with E-state index >= 15 is 0 Å². The Morgan fingerprint density at radius 3 is 2.58 bits per heavy atom. The Balaban J connectivity index is 1.25. The summed E-state index contributed by atoms with van der Waals surface area (Å²) in [5.41, 5.74) is 5.24. The number of H-pyrrole nitrogens is 1. The number of esters is 1. The van der Waals surface area contributed by atoms with Gasteiger partial charge in [0.1, 0.15) is 41.2 Å². The molecule has 0 bridgehead atoms. The molecule has 18 nitrogen and oxygen atoms in total. The number of aliphatic carboxylic acids is 1. The number of aromatic amines is 1. The number of hydrogen-bond donors (Lipinski definition) is 6. The van der Waals surface area contributed by atoms with Crippen LogP contribution in [0.15, 0.2) is 64.7 Å². The number of phenolic OH excluding ortho intramolecular Hbond substituents is 1. The molecule has 19 heteroatoms. The van der Waals surface area contributed by atoms with Gasteiger partial charge in [0.2, 0.25) is 18.6 Å². The number of nitrogens with two attached hydrogens (primary N) is 1. The van der Waals surface area contributed by atoms with Crippen molar-refractivity contribution < 1.29 is 48.4 Å². The summed E-state index contributed by atoms with van der Waals surface area (Å²) >= 11 is 1.14. The summed E-state index contributed by atoms with van der Waals surface area (Å²) in [6.45, 7) is 1.17. The van der Waals surface area contributed by atoms with Crippen molar-refractivity contribution in [1.29, 1.82) is 0 Å². The van der Waals surface area contributed by atoms with Crippen molar-refractivity contribution in [3.05, 3.63) is 81.4 Å². The largest absolute Gasteiger partial charge is 0.508 e. The van der Waals surface area contributed by atoms with E-state index in [1.807, 2.05) is 0 Å². The number of aromatic nitrogens is 2. The monoisotopic (exact) mass is 707 g/mol. The molecule has 6 rings (SSSR count). The minimum absolute atomic E-state index is 0.0383. The Hall–Kier alpha value is -6.24. The molecular formula is C31H29N7O11S. The van der Waals surface area contributed by atoms with Crippen LogP contribution in [0.4, 0.5) is 16.4 Å². The van der Waals surface area contributed by atoms with Gasteiger partial charge >= 0.3 is 18.0 Å². The minimum Gasteiger partial charge on any atom is -0.508 e. The van der Waals surface area contributed by atoms with Crippen LogP contribution in [0.25, 0.3) is 0 Å². The number of benzene rings is 2. The highest BCUT2D eigenvalue weighted by molar-refractivity contribution is 8.00. The minimum atomic E-state index is -1.65. The Bertz CT molecular complexity index is 1980. The molecule has 1 aromatic heterocycles. The Morgan fingerprint density at radius 2 is 1.90 bits per heavy atom. The normalized spacial score (nSPS) is 18.0. The molecule has 3 aliphatic heterocycles.